The van der Waals surface area contributed by atoms with Crippen molar-refractivity contribution in [1.82, 2.24) is 5.32 Å². The molecule has 2 saturated carbocycles. The van der Waals surface area contributed by atoms with E-state index in [-0.39, 0.29) is 0 Å². The first-order valence-electron chi connectivity index (χ1n) is 7.53. The van der Waals surface area contributed by atoms with Crippen LogP contribution in [0.3, 0.4) is 0 Å². The molecular formula is C16H25NS. The molecule has 1 heterocycles. The fourth-order valence-electron chi connectivity index (χ4n) is 4.37. The summed E-state index contributed by atoms with van der Waals surface area (Å²) in [4.78, 5) is 1.62. The Morgan fingerprint density at radius 3 is 2.61 bits per heavy atom. The molecule has 0 aromatic carbocycles. The lowest BCUT2D eigenvalue weighted by Crippen LogP contribution is -2.55. The molecule has 2 fully saturated rings. The smallest absolute Gasteiger partial charge is 0.0182 e. The maximum atomic E-state index is 3.61. The largest absolute Gasteiger partial charge is 0.316 e. The zero-order valence-electron chi connectivity index (χ0n) is 11.5. The van der Waals surface area contributed by atoms with Crippen molar-refractivity contribution >= 4 is 11.3 Å². The monoisotopic (exact) mass is 263 g/mol. The standard InChI is InChI=1S/C16H25NS/c1-2-17-13-16(14-7-6-10-18-14)11-15(12-16)8-4-3-5-9-15/h6-7,10,17H,2-5,8-9,11-13H2,1H3. The normalized spacial score (nSPS) is 24.9. The van der Waals surface area contributed by atoms with Crippen LogP contribution in [0.4, 0.5) is 0 Å². The van der Waals surface area contributed by atoms with Gasteiger partial charge in [-0.25, -0.2) is 0 Å². The molecule has 1 aromatic heterocycles. The van der Waals surface area contributed by atoms with Gasteiger partial charge in [-0.3, -0.25) is 0 Å². The summed E-state index contributed by atoms with van der Waals surface area (Å²) in [5, 5.41) is 5.85. The Morgan fingerprint density at radius 2 is 2.00 bits per heavy atom. The van der Waals surface area contributed by atoms with Crippen LogP contribution >= 0.6 is 11.3 Å². The first kappa shape index (κ1) is 12.7. The van der Waals surface area contributed by atoms with Crippen molar-refractivity contribution < 1.29 is 0 Å². The van der Waals surface area contributed by atoms with E-state index < -0.39 is 0 Å². The lowest BCUT2D eigenvalue weighted by Gasteiger charge is -2.58. The number of rotatable bonds is 4. The highest BCUT2D eigenvalue weighted by Crippen LogP contribution is 2.62. The van der Waals surface area contributed by atoms with Crippen LogP contribution in [0.25, 0.3) is 0 Å². The molecule has 0 amide bonds. The lowest BCUT2D eigenvalue weighted by molar-refractivity contribution is -0.0106. The lowest BCUT2D eigenvalue weighted by atomic mass is 9.48. The minimum atomic E-state index is 0.474. The average molecular weight is 263 g/mol. The second kappa shape index (κ2) is 4.97. The Labute approximate surface area is 115 Å². The molecule has 0 bridgehead atoms. The molecule has 0 unspecified atom stereocenters. The molecule has 1 spiro atoms. The fraction of sp³-hybridized carbons (Fsp3) is 0.750. The molecule has 2 heteroatoms. The van der Waals surface area contributed by atoms with E-state index >= 15 is 0 Å². The van der Waals surface area contributed by atoms with E-state index in [1.54, 1.807) is 4.88 Å². The van der Waals surface area contributed by atoms with E-state index in [0.717, 1.165) is 12.0 Å². The number of hydrogen-bond acceptors (Lipinski definition) is 2. The van der Waals surface area contributed by atoms with Crippen LogP contribution in [0.5, 0.6) is 0 Å². The second-order valence-electron chi connectivity index (χ2n) is 6.45. The van der Waals surface area contributed by atoms with E-state index in [1.807, 2.05) is 11.3 Å². The molecular weight excluding hydrogens is 238 g/mol. The molecule has 1 aromatic rings. The molecule has 100 valence electrons. The molecule has 3 rings (SSSR count). The van der Waals surface area contributed by atoms with Gasteiger partial charge in [0.15, 0.2) is 0 Å². The zero-order chi connectivity index (χ0) is 12.5. The molecule has 0 atom stereocenters. The van der Waals surface area contributed by atoms with Crippen molar-refractivity contribution in [3.63, 3.8) is 0 Å². The van der Waals surface area contributed by atoms with Gasteiger partial charge in [0.1, 0.15) is 0 Å². The fourth-order valence-corrected chi connectivity index (χ4v) is 5.30. The van der Waals surface area contributed by atoms with Gasteiger partial charge in [-0.15, -0.1) is 11.3 Å². The number of nitrogens with one attached hydrogen (secondary N) is 1. The molecule has 18 heavy (non-hydrogen) atoms. The minimum Gasteiger partial charge on any atom is -0.316 e. The Morgan fingerprint density at radius 1 is 1.22 bits per heavy atom. The quantitative estimate of drug-likeness (QED) is 0.852. The molecule has 0 radical (unpaired) electrons. The van der Waals surface area contributed by atoms with Crippen LogP contribution in [0.1, 0.15) is 56.7 Å². The predicted molar refractivity (Wildman–Crippen MR) is 79.3 cm³/mol. The number of thiophene rings is 1. The molecule has 2 aliphatic rings. The third-order valence-electron chi connectivity index (χ3n) is 5.10. The van der Waals surface area contributed by atoms with E-state index in [4.69, 9.17) is 0 Å². The van der Waals surface area contributed by atoms with E-state index in [2.05, 4.69) is 29.8 Å². The number of hydrogen-bond donors (Lipinski definition) is 1. The Kier molecular flexibility index (Phi) is 3.50. The second-order valence-corrected chi connectivity index (χ2v) is 7.40. The summed E-state index contributed by atoms with van der Waals surface area (Å²) in [6.45, 7) is 4.50. The molecule has 0 saturated heterocycles. The first-order valence-corrected chi connectivity index (χ1v) is 8.41. The van der Waals surface area contributed by atoms with Crippen LogP contribution < -0.4 is 5.32 Å². The summed E-state index contributed by atoms with van der Waals surface area (Å²) in [5.41, 5.74) is 1.19. The summed E-state index contributed by atoms with van der Waals surface area (Å²) in [7, 11) is 0. The van der Waals surface area contributed by atoms with Gasteiger partial charge in [0.05, 0.1) is 0 Å². The summed E-state index contributed by atoms with van der Waals surface area (Å²) >= 11 is 1.96. The van der Waals surface area contributed by atoms with Crippen LogP contribution in [-0.2, 0) is 5.41 Å². The van der Waals surface area contributed by atoms with E-state index in [0.29, 0.717) is 5.41 Å². The molecule has 1 N–H and O–H groups in total. The maximum Gasteiger partial charge on any atom is 0.0182 e. The van der Waals surface area contributed by atoms with Gasteiger partial charge in [0.2, 0.25) is 0 Å². The molecule has 2 aliphatic carbocycles. The van der Waals surface area contributed by atoms with Crippen LogP contribution in [0, 0.1) is 5.41 Å². The summed E-state index contributed by atoms with van der Waals surface area (Å²) in [5.74, 6) is 0. The van der Waals surface area contributed by atoms with Crippen LogP contribution in [0.15, 0.2) is 17.5 Å². The van der Waals surface area contributed by atoms with Gasteiger partial charge in [-0.2, -0.15) is 0 Å². The highest BCUT2D eigenvalue weighted by Gasteiger charge is 2.54. The van der Waals surface area contributed by atoms with Gasteiger partial charge in [0.25, 0.3) is 0 Å². The van der Waals surface area contributed by atoms with E-state index in [9.17, 15) is 0 Å². The molecule has 1 nitrogen and oxygen atoms in total. The van der Waals surface area contributed by atoms with Gasteiger partial charge in [0, 0.05) is 16.8 Å². The highest BCUT2D eigenvalue weighted by molar-refractivity contribution is 7.10. The van der Waals surface area contributed by atoms with Gasteiger partial charge < -0.3 is 5.32 Å². The maximum absolute atomic E-state index is 3.61. The zero-order valence-corrected chi connectivity index (χ0v) is 12.3. The Hall–Kier alpha value is -0.340. The highest BCUT2D eigenvalue weighted by atomic mass is 32.1. The predicted octanol–water partition coefficient (Wildman–Crippen LogP) is 4.34. The van der Waals surface area contributed by atoms with Gasteiger partial charge in [-0.1, -0.05) is 32.3 Å². The van der Waals surface area contributed by atoms with Gasteiger partial charge >= 0.3 is 0 Å². The van der Waals surface area contributed by atoms with Crippen molar-refractivity contribution in [2.24, 2.45) is 5.41 Å². The van der Waals surface area contributed by atoms with Crippen molar-refractivity contribution in [1.29, 1.82) is 0 Å². The van der Waals surface area contributed by atoms with Crippen molar-refractivity contribution in [3.8, 4) is 0 Å². The Balaban J connectivity index is 1.74. The van der Waals surface area contributed by atoms with Crippen molar-refractivity contribution in [2.45, 2.75) is 57.3 Å². The topological polar surface area (TPSA) is 12.0 Å². The summed E-state index contributed by atoms with van der Waals surface area (Å²) in [6.07, 6.45) is 10.3. The average Bonchev–Trinajstić information content (AvgIpc) is 2.89. The van der Waals surface area contributed by atoms with Crippen molar-refractivity contribution in [3.05, 3.63) is 22.4 Å². The third-order valence-corrected chi connectivity index (χ3v) is 6.21. The third kappa shape index (κ3) is 2.14. The molecule has 0 aliphatic heterocycles. The van der Waals surface area contributed by atoms with Gasteiger partial charge in [-0.05, 0) is 49.1 Å². The summed E-state index contributed by atoms with van der Waals surface area (Å²) in [6, 6.07) is 4.58. The first-order chi connectivity index (χ1) is 8.79. The van der Waals surface area contributed by atoms with Crippen molar-refractivity contribution in [2.75, 3.05) is 13.1 Å². The SMILES string of the molecule is CCNCC1(c2cccs2)CC2(CCCCC2)C1. The van der Waals surface area contributed by atoms with Crippen LogP contribution in [-0.4, -0.2) is 13.1 Å². The summed E-state index contributed by atoms with van der Waals surface area (Å²) < 4.78 is 0. The number of likely N-dealkylation sites (N-methyl/N-ethyl adjacent to an activating group) is 1. The van der Waals surface area contributed by atoms with Crippen LogP contribution in [0.2, 0.25) is 0 Å². The Bertz CT molecular complexity index is 368. The van der Waals surface area contributed by atoms with E-state index in [1.165, 1.54) is 51.5 Å². The minimum absolute atomic E-state index is 0.474.